The lowest BCUT2D eigenvalue weighted by Crippen LogP contribution is -2.22. The van der Waals surface area contributed by atoms with E-state index in [2.05, 4.69) is 26.2 Å². The molecular weight excluding hydrogens is 384 g/mol. The van der Waals surface area contributed by atoms with Gasteiger partial charge in [-0.3, -0.25) is 4.79 Å². The summed E-state index contributed by atoms with van der Waals surface area (Å²) in [4.78, 5) is 12.4. The van der Waals surface area contributed by atoms with E-state index in [0.717, 1.165) is 11.4 Å². The van der Waals surface area contributed by atoms with Crippen LogP contribution in [0.4, 0.5) is 11.4 Å². The Hall–Kier alpha value is -3.33. The molecule has 1 amide bonds. The molecule has 0 aliphatic rings. The lowest BCUT2D eigenvalue weighted by Gasteiger charge is -2.14. The van der Waals surface area contributed by atoms with Gasteiger partial charge in [0.1, 0.15) is 11.5 Å². The van der Waals surface area contributed by atoms with Crippen LogP contribution in [0.2, 0.25) is 5.02 Å². The van der Waals surface area contributed by atoms with Gasteiger partial charge in [0.15, 0.2) is 5.82 Å². The van der Waals surface area contributed by atoms with E-state index in [9.17, 15) is 4.79 Å². The van der Waals surface area contributed by atoms with E-state index < -0.39 is 0 Å². The zero-order chi connectivity index (χ0) is 20.1. The van der Waals surface area contributed by atoms with Crippen LogP contribution >= 0.6 is 11.6 Å². The van der Waals surface area contributed by atoms with Crippen molar-refractivity contribution in [3.8, 4) is 17.2 Å². The fraction of sp³-hybridized carbons (Fsp3) is 0.222. The van der Waals surface area contributed by atoms with Crippen molar-refractivity contribution in [2.24, 2.45) is 0 Å². The fourth-order valence-electron chi connectivity index (χ4n) is 2.55. The number of benzene rings is 2. The predicted molar refractivity (Wildman–Crippen MR) is 106 cm³/mol. The summed E-state index contributed by atoms with van der Waals surface area (Å²) in [5.74, 6) is 1.29. The standard InChI is InChI=1S/C18H19ClN6O3/c1-11-22-23-24-25(11)13-6-4-5-12(7-13)20-10-18(26)21-15-9-16(27-2)14(19)8-17(15)28-3/h4-9,20H,10H2,1-3H3,(H,21,26). The van der Waals surface area contributed by atoms with Crippen LogP contribution in [0.5, 0.6) is 11.5 Å². The van der Waals surface area contributed by atoms with Crippen LogP contribution in [0, 0.1) is 6.92 Å². The van der Waals surface area contributed by atoms with Crippen molar-refractivity contribution in [3.05, 3.63) is 47.2 Å². The maximum atomic E-state index is 12.4. The van der Waals surface area contributed by atoms with Crippen LogP contribution in [0.25, 0.3) is 5.69 Å². The molecule has 0 bridgehead atoms. The summed E-state index contributed by atoms with van der Waals surface area (Å²) >= 11 is 6.08. The summed E-state index contributed by atoms with van der Waals surface area (Å²) in [6.07, 6.45) is 0. The number of anilines is 2. The monoisotopic (exact) mass is 402 g/mol. The van der Waals surface area contributed by atoms with Crippen LogP contribution in [-0.4, -0.2) is 46.9 Å². The maximum Gasteiger partial charge on any atom is 0.243 e. The first-order valence-corrected chi connectivity index (χ1v) is 8.70. The number of carbonyl (C=O) groups excluding carboxylic acids is 1. The summed E-state index contributed by atoms with van der Waals surface area (Å²) in [7, 11) is 3.00. The van der Waals surface area contributed by atoms with Gasteiger partial charge in [0.2, 0.25) is 5.91 Å². The molecule has 0 atom stereocenters. The zero-order valence-corrected chi connectivity index (χ0v) is 16.3. The Bertz CT molecular complexity index is 991. The first-order chi connectivity index (χ1) is 13.5. The molecule has 0 unspecified atom stereocenters. The van der Waals surface area contributed by atoms with E-state index in [4.69, 9.17) is 21.1 Å². The van der Waals surface area contributed by atoms with Crippen molar-refractivity contribution < 1.29 is 14.3 Å². The van der Waals surface area contributed by atoms with E-state index >= 15 is 0 Å². The Morgan fingerprint density at radius 1 is 1.18 bits per heavy atom. The fourth-order valence-corrected chi connectivity index (χ4v) is 2.78. The minimum Gasteiger partial charge on any atom is -0.495 e. The molecule has 3 aromatic rings. The Balaban J connectivity index is 1.68. The van der Waals surface area contributed by atoms with Crippen LogP contribution in [-0.2, 0) is 4.79 Å². The van der Waals surface area contributed by atoms with Gasteiger partial charge in [-0.15, -0.1) is 5.10 Å². The van der Waals surface area contributed by atoms with E-state index in [-0.39, 0.29) is 12.5 Å². The first kappa shape index (κ1) is 19.4. The number of halogens is 1. The highest BCUT2D eigenvalue weighted by Crippen LogP contribution is 2.35. The summed E-state index contributed by atoms with van der Waals surface area (Å²) in [6.45, 7) is 1.85. The summed E-state index contributed by atoms with van der Waals surface area (Å²) in [6, 6.07) is 10.6. The van der Waals surface area contributed by atoms with Gasteiger partial charge in [0, 0.05) is 17.8 Å². The number of nitrogens with zero attached hydrogens (tertiary/aromatic N) is 4. The van der Waals surface area contributed by atoms with Crippen LogP contribution in [0.3, 0.4) is 0 Å². The topological polar surface area (TPSA) is 103 Å². The Morgan fingerprint density at radius 3 is 2.64 bits per heavy atom. The second-order valence-electron chi connectivity index (χ2n) is 5.78. The van der Waals surface area contributed by atoms with Gasteiger partial charge in [-0.25, -0.2) is 0 Å². The van der Waals surface area contributed by atoms with Crippen molar-refractivity contribution in [2.45, 2.75) is 6.92 Å². The molecule has 9 nitrogen and oxygen atoms in total. The molecule has 0 aliphatic heterocycles. The van der Waals surface area contributed by atoms with Crippen molar-refractivity contribution in [3.63, 3.8) is 0 Å². The van der Waals surface area contributed by atoms with Crippen molar-refractivity contribution in [1.82, 2.24) is 20.2 Å². The second-order valence-corrected chi connectivity index (χ2v) is 6.18. The molecule has 28 heavy (non-hydrogen) atoms. The van der Waals surface area contributed by atoms with Gasteiger partial charge in [-0.2, -0.15) is 4.68 Å². The molecule has 146 valence electrons. The lowest BCUT2D eigenvalue weighted by atomic mass is 10.2. The van der Waals surface area contributed by atoms with Crippen molar-refractivity contribution in [2.75, 3.05) is 31.4 Å². The number of amides is 1. The first-order valence-electron chi connectivity index (χ1n) is 8.32. The van der Waals surface area contributed by atoms with Gasteiger partial charge < -0.3 is 20.1 Å². The average Bonchev–Trinajstić information content (AvgIpc) is 3.13. The highest BCUT2D eigenvalue weighted by Gasteiger charge is 2.13. The molecule has 1 heterocycles. The quantitative estimate of drug-likeness (QED) is 0.626. The van der Waals surface area contributed by atoms with E-state index in [0.29, 0.717) is 28.0 Å². The minimum atomic E-state index is -0.258. The third kappa shape index (κ3) is 4.32. The number of methoxy groups -OCH3 is 2. The highest BCUT2D eigenvalue weighted by molar-refractivity contribution is 6.32. The summed E-state index contributed by atoms with van der Waals surface area (Å²) in [5.41, 5.74) is 2.01. The molecule has 10 heteroatoms. The second kappa shape index (κ2) is 8.57. The Kier molecular flexibility index (Phi) is 5.95. The summed E-state index contributed by atoms with van der Waals surface area (Å²) < 4.78 is 12.0. The number of aryl methyl sites for hydroxylation is 1. The van der Waals surface area contributed by atoms with Gasteiger partial charge in [-0.1, -0.05) is 17.7 Å². The number of ether oxygens (including phenoxy) is 2. The van der Waals surface area contributed by atoms with Gasteiger partial charge in [0.25, 0.3) is 0 Å². The third-order valence-corrected chi connectivity index (χ3v) is 4.21. The normalized spacial score (nSPS) is 10.4. The van der Waals surface area contributed by atoms with Gasteiger partial charge in [-0.05, 0) is 35.5 Å². The molecule has 2 aromatic carbocycles. The molecule has 0 fully saturated rings. The van der Waals surface area contributed by atoms with E-state index in [1.165, 1.54) is 14.2 Å². The molecule has 3 rings (SSSR count). The van der Waals surface area contributed by atoms with Crippen molar-refractivity contribution in [1.29, 1.82) is 0 Å². The number of carbonyl (C=O) groups is 1. The Labute approximate surface area is 166 Å². The lowest BCUT2D eigenvalue weighted by molar-refractivity contribution is -0.114. The molecule has 0 radical (unpaired) electrons. The number of tetrazole rings is 1. The average molecular weight is 403 g/mol. The molecule has 0 spiro atoms. The molecule has 0 saturated heterocycles. The zero-order valence-electron chi connectivity index (χ0n) is 15.6. The maximum absolute atomic E-state index is 12.4. The number of aromatic nitrogens is 4. The number of rotatable bonds is 7. The largest absolute Gasteiger partial charge is 0.495 e. The van der Waals surface area contributed by atoms with Crippen molar-refractivity contribution >= 4 is 28.9 Å². The SMILES string of the molecule is COc1cc(NC(=O)CNc2cccc(-n3nnnc3C)c2)c(OC)cc1Cl. The van der Waals surface area contributed by atoms with E-state index in [1.54, 1.807) is 23.7 Å². The number of nitrogens with one attached hydrogen (secondary N) is 2. The number of hydrogen-bond acceptors (Lipinski definition) is 7. The summed E-state index contributed by atoms with van der Waals surface area (Å²) in [5, 5.41) is 17.7. The molecule has 1 aromatic heterocycles. The van der Waals surface area contributed by atoms with E-state index in [1.807, 2.05) is 24.3 Å². The van der Waals surface area contributed by atoms with Crippen LogP contribution in [0.15, 0.2) is 36.4 Å². The molecule has 0 saturated carbocycles. The smallest absolute Gasteiger partial charge is 0.243 e. The Morgan fingerprint density at radius 2 is 1.96 bits per heavy atom. The predicted octanol–water partition coefficient (Wildman–Crippen LogP) is 2.69. The number of hydrogen-bond donors (Lipinski definition) is 2. The van der Waals surface area contributed by atoms with Crippen LogP contribution in [0.1, 0.15) is 5.82 Å². The third-order valence-electron chi connectivity index (χ3n) is 3.92. The van der Waals surface area contributed by atoms with Crippen LogP contribution < -0.4 is 20.1 Å². The van der Waals surface area contributed by atoms with Gasteiger partial charge >= 0.3 is 0 Å². The molecular formula is C18H19ClN6O3. The van der Waals surface area contributed by atoms with Gasteiger partial charge in [0.05, 0.1) is 37.2 Å². The molecule has 2 N–H and O–H groups in total. The molecule has 0 aliphatic carbocycles. The highest BCUT2D eigenvalue weighted by atomic mass is 35.5. The minimum absolute atomic E-state index is 0.0478.